The highest BCUT2D eigenvalue weighted by Crippen LogP contribution is 2.32. The van der Waals surface area contributed by atoms with Crippen LogP contribution in [-0.2, 0) is 0 Å². The van der Waals surface area contributed by atoms with Crippen molar-refractivity contribution >= 4 is 28.3 Å². The van der Waals surface area contributed by atoms with Gasteiger partial charge in [0.2, 0.25) is 0 Å². The van der Waals surface area contributed by atoms with Crippen LogP contribution >= 0.6 is 11.3 Å². The Balaban J connectivity index is 2.16. The summed E-state index contributed by atoms with van der Waals surface area (Å²) >= 11 is 1.75. The number of amides is 1. The molecule has 0 aliphatic carbocycles. The molecule has 1 atom stereocenters. The van der Waals surface area contributed by atoms with Gasteiger partial charge in [-0.3, -0.25) is 4.79 Å². The van der Waals surface area contributed by atoms with Crippen molar-refractivity contribution in [3.63, 3.8) is 0 Å². The summed E-state index contributed by atoms with van der Waals surface area (Å²) in [5.74, 6) is -0.0579. The second-order valence-corrected chi connectivity index (χ2v) is 8.93. The van der Waals surface area contributed by atoms with Crippen LogP contribution < -0.4 is 5.32 Å². The standard InChI is InChI=1S/C21H28N4OS/c1-7-8-13(4)23-21(26)17-10-19(16-9-14(5)27-15(16)6)24-20-18(17)11-22-25(20)12(2)3/h9-13H,7-8H2,1-6H3,(H,23,26). The monoisotopic (exact) mass is 384 g/mol. The van der Waals surface area contributed by atoms with Crippen LogP contribution in [0.2, 0.25) is 0 Å². The van der Waals surface area contributed by atoms with E-state index >= 15 is 0 Å². The topological polar surface area (TPSA) is 59.8 Å². The van der Waals surface area contributed by atoms with E-state index in [9.17, 15) is 4.79 Å². The lowest BCUT2D eigenvalue weighted by molar-refractivity contribution is 0.0940. The summed E-state index contributed by atoms with van der Waals surface area (Å²) in [4.78, 5) is 20.4. The molecular formula is C21H28N4OS. The fourth-order valence-corrected chi connectivity index (χ4v) is 4.35. The van der Waals surface area contributed by atoms with Gasteiger partial charge in [0.05, 0.1) is 22.8 Å². The molecule has 0 saturated heterocycles. The lowest BCUT2D eigenvalue weighted by Crippen LogP contribution is -2.32. The molecule has 3 aromatic heterocycles. The molecule has 1 N–H and O–H groups in total. The molecule has 144 valence electrons. The predicted octanol–water partition coefficient (Wildman–Crippen LogP) is 5.28. The molecule has 0 aliphatic heterocycles. The number of fused-ring (bicyclic) bond motifs is 1. The molecule has 1 amide bonds. The summed E-state index contributed by atoms with van der Waals surface area (Å²) in [5, 5.41) is 8.42. The molecule has 0 aliphatic rings. The maximum absolute atomic E-state index is 13.0. The van der Waals surface area contributed by atoms with E-state index in [2.05, 4.69) is 51.1 Å². The lowest BCUT2D eigenvalue weighted by atomic mass is 10.1. The summed E-state index contributed by atoms with van der Waals surface area (Å²) < 4.78 is 1.89. The van der Waals surface area contributed by atoms with Gasteiger partial charge in [0.25, 0.3) is 5.91 Å². The van der Waals surface area contributed by atoms with Gasteiger partial charge in [-0.05, 0) is 53.2 Å². The largest absolute Gasteiger partial charge is 0.350 e. The number of hydrogen-bond acceptors (Lipinski definition) is 4. The minimum absolute atomic E-state index is 0.0579. The Morgan fingerprint density at radius 2 is 2.00 bits per heavy atom. The molecule has 0 spiro atoms. The van der Waals surface area contributed by atoms with E-state index in [1.165, 1.54) is 9.75 Å². The van der Waals surface area contributed by atoms with E-state index in [0.29, 0.717) is 5.56 Å². The van der Waals surface area contributed by atoms with Gasteiger partial charge in [0, 0.05) is 27.4 Å². The van der Waals surface area contributed by atoms with Crippen LogP contribution in [0, 0.1) is 13.8 Å². The quantitative estimate of drug-likeness (QED) is 0.629. The third kappa shape index (κ3) is 3.90. The normalized spacial score (nSPS) is 12.7. The van der Waals surface area contributed by atoms with E-state index in [-0.39, 0.29) is 18.0 Å². The van der Waals surface area contributed by atoms with Gasteiger partial charge in [-0.15, -0.1) is 11.3 Å². The molecular weight excluding hydrogens is 356 g/mol. The number of hydrogen-bond donors (Lipinski definition) is 1. The van der Waals surface area contributed by atoms with Gasteiger partial charge in [-0.2, -0.15) is 5.10 Å². The fourth-order valence-electron chi connectivity index (χ4n) is 3.41. The van der Waals surface area contributed by atoms with Crippen molar-refractivity contribution in [2.45, 2.75) is 66.5 Å². The first-order chi connectivity index (χ1) is 12.8. The Labute approximate surface area is 164 Å². The Morgan fingerprint density at radius 3 is 2.59 bits per heavy atom. The van der Waals surface area contributed by atoms with Crippen molar-refractivity contribution in [3.05, 3.63) is 33.6 Å². The molecule has 0 aromatic carbocycles. The molecule has 27 heavy (non-hydrogen) atoms. The highest BCUT2D eigenvalue weighted by molar-refractivity contribution is 7.12. The van der Waals surface area contributed by atoms with Gasteiger partial charge in [0.1, 0.15) is 0 Å². The number of thiophene rings is 1. The van der Waals surface area contributed by atoms with Crippen LogP contribution in [-0.4, -0.2) is 26.7 Å². The predicted molar refractivity (Wildman–Crippen MR) is 113 cm³/mol. The number of nitrogens with zero attached hydrogens (tertiary/aromatic N) is 3. The number of pyridine rings is 1. The molecule has 0 fully saturated rings. The first kappa shape index (κ1) is 19.5. The smallest absolute Gasteiger partial charge is 0.252 e. The maximum Gasteiger partial charge on any atom is 0.252 e. The number of aryl methyl sites for hydroxylation is 2. The molecule has 3 heterocycles. The number of rotatable bonds is 6. The third-order valence-corrected chi connectivity index (χ3v) is 5.68. The highest BCUT2D eigenvalue weighted by Gasteiger charge is 2.20. The molecule has 6 heteroatoms. The van der Waals surface area contributed by atoms with Crippen LogP contribution in [0.25, 0.3) is 22.3 Å². The highest BCUT2D eigenvalue weighted by atomic mass is 32.1. The Bertz CT molecular complexity index is 970. The molecule has 0 radical (unpaired) electrons. The molecule has 5 nitrogen and oxygen atoms in total. The van der Waals surface area contributed by atoms with Gasteiger partial charge >= 0.3 is 0 Å². The minimum atomic E-state index is -0.0579. The average Bonchev–Trinajstić information content (AvgIpc) is 3.16. The second-order valence-electron chi connectivity index (χ2n) is 7.47. The van der Waals surface area contributed by atoms with Crippen LogP contribution in [0.1, 0.15) is 66.7 Å². The second kappa shape index (κ2) is 7.80. The zero-order chi connectivity index (χ0) is 19.7. The van der Waals surface area contributed by atoms with Crippen molar-refractivity contribution < 1.29 is 4.79 Å². The summed E-state index contributed by atoms with van der Waals surface area (Å²) in [6.07, 6.45) is 3.76. The van der Waals surface area contributed by atoms with Gasteiger partial charge in [0.15, 0.2) is 5.65 Å². The Hall–Kier alpha value is -2.21. The zero-order valence-electron chi connectivity index (χ0n) is 17.0. The van der Waals surface area contributed by atoms with Gasteiger partial charge in [-0.25, -0.2) is 9.67 Å². The third-order valence-electron chi connectivity index (χ3n) is 4.72. The first-order valence-corrected chi connectivity index (χ1v) is 10.4. The minimum Gasteiger partial charge on any atom is -0.350 e. The van der Waals surface area contributed by atoms with E-state index in [0.717, 1.165) is 35.1 Å². The summed E-state index contributed by atoms with van der Waals surface area (Å²) in [7, 11) is 0. The molecule has 0 bridgehead atoms. The lowest BCUT2D eigenvalue weighted by Gasteiger charge is -2.14. The van der Waals surface area contributed by atoms with E-state index in [4.69, 9.17) is 4.98 Å². The zero-order valence-corrected chi connectivity index (χ0v) is 17.8. The van der Waals surface area contributed by atoms with E-state index in [1.807, 2.05) is 17.7 Å². The van der Waals surface area contributed by atoms with Crippen molar-refractivity contribution in [1.29, 1.82) is 0 Å². The number of aromatic nitrogens is 3. The van der Waals surface area contributed by atoms with E-state index in [1.54, 1.807) is 17.5 Å². The Kier molecular flexibility index (Phi) is 5.65. The van der Waals surface area contributed by atoms with Gasteiger partial charge < -0.3 is 5.32 Å². The molecule has 3 aromatic rings. The number of nitrogens with one attached hydrogen (secondary N) is 1. The van der Waals surface area contributed by atoms with Crippen molar-refractivity contribution in [2.24, 2.45) is 0 Å². The van der Waals surface area contributed by atoms with Crippen LogP contribution in [0.3, 0.4) is 0 Å². The summed E-state index contributed by atoms with van der Waals surface area (Å²) in [6, 6.07) is 4.37. The summed E-state index contributed by atoms with van der Waals surface area (Å²) in [5.41, 5.74) is 3.33. The van der Waals surface area contributed by atoms with Gasteiger partial charge in [-0.1, -0.05) is 13.3 Å². The SMILES string of the molecule is CCCC(C)NC(=O)c1cc(-c2cc(C)sc2C)nc2c1cnn2C(C)C. The molecule has 1 unspecified atom stereocenters. The van der Waals surface area contributed by atoms with E-state index < -0.39 is 0 Å². The average molecular weight is 385 g/mol. The van der Waals surface area contributed by atoms with Crippen LogP contribution in [0.5, 0.6) is 0 Å². The van der Waals surface area contributed by atoms with Crippen LogP contribution in [0.15, 0.2) is 18.3 Å². The van der Waals surface area contributed by atoms with Crippen LogP contribution in [0.4, 0.5) is 0 Å². The summed E-state index contributed by atoms with van der Waals surface area (Å²) in [6.45, 7) is 12.5. The first-order valence-electron chi connectivity index (χ1n) is 9.58. The number of carbonyl (C=O) groups is 1. The number of carbonyl (C=O) groups excluding carboxylic acids is 1. The fraction of sp³-hybridized carbons (Fsp3) is 0.476. The maximum atomic E-state index is 13.0. The molecule has 0 saturated carbocycles. The van der Waals surface area contributed by atoms with Crippen molar-refractivity contribution in [2.75, 3.05) is 0 Å². The van der Waals surface area contributed by atoms with Crippen molar-refractivity contribution in [1.82, 2.24) is 20.1 Å². The van der Waals surface area contributed by atoms with Crippen molar-refractivity contribution in [3.8, 4) is 11.3 Å². The Morgan fingerprint density at radius 1 is 1.26 bits per heavy atom. The molecule has 3 rings (SSSR count).